The number of nitrogens with zero attached hydrogens (tertiary/aromatic N) is 1. The van der Waals surface area contributed by atoms with Gasteiger partial charge in [0, 0.05) is 12.1 Å². The first-order chi connectivity index (χ1) is 14.0. The van der Waals surface area contributed by atoms with E-state index in [9.17, 15) is 18.8 Å². The van der Waals surface area contributed by atoms with Crippen LogP contribution in [0, 0.1) is 5.82 Å². The lowest BCUT2D eigenvalue weighted by Crippen LogP contribution is -2.31. The number of nitrogens with one attached hydrogen (secondary N) is 1. The summed E-state index contributed by atoms with van der Waals surface area (Å²) in [6.07, 6.45) is 0.549. The van der Waals surface area contributed by atoms with E-state index in [0.29, 0.717) is 6.42 Å². The van der Waals surface area contributed by atoms with Gasteiger partial charge in [-0.15, -0.1) is 0 Å². The first kappa shape index (κ1) is 18.6. The molecule has 0 spiro atoms. The van der Waals surface area contributed by atoms with Gasteiger partial charge in [-0.25, -0.2) is 4.39 Å². The van der Waals surface area contributed by atoms with E-state index in [1.165, 1.54) is 41.3 Å². The van der Waals surface area contributed by atoms with Gasteiger partial charge in [0.2, 0.25) is 0 Å². The average molecular weight is 388 g/mol. The Kier molecular flexibility index (Phi) is 4.91. The highest BCUT2D eigenvalue weighted by molar-refractivity contribution is 6.22. The number of hydrogen-bond donors (Lipinski definition) is 1. The SMILES string of the molecule is O=C(Nc1ccccc1F)c1ccc2c(c1)C(=O)N(CCc1ccccc1)C2=O. The van der Waals surface area contributed by atoms with Crippen LogP contribution in [0.15, 0.2) is 72.8 Å². The van der Waals surface area contributed by atoms with Crippen molar-refractivity contribution in [1.82, 2.24) is 4.90 Å². The van der Waals surface area contributed by atoms with Gasteiger partial charge in [0.25, 0.3) is 17.7 Å². The number of benzene rings is 3. The van der Waals surface area contributed by atoms with E-state index in [0.717, 1.165) is 5.56 Å². The van der Waals surface area contributed by atoms with Gasteiger partial charge in [-0.1, -0.05) is 42.5 Å². The molecule has 0 unspecified atom stereocenters. The molecule has 0 bridgehead atoms. The molecular weight excluding hydrogens is 371 g/mol. The van der Waals surface area contributed by atoms with E-state index in [2.05, 4.69) is 5.32 Å². The standard InChI is InChI=1S/C23H17FN2O3/c24-19-8-4-5-9-20(19)25-21(27)16-10-11-17-18(14-16)23(29)26(22(17)28)13-12-15-6-2-1-3-7-15/h1-11,14H,12-13H2,(H,25,27). The molecule has 0 atom stereocenters. The molecule has 3 aromatic rings. The van der Waals surface area contributed by atoms with Crippen LogP contribution < -0.4 is 5.32 Å². The van der Waals surface area contributed by atoms with Crippen molar-refractivity contribution >= 4 is 23.4 Å². The Morgan fingerprint density at radius 2 is 1.55 bits per heavy atom. The number of fused-ring (bicyclic) bond motifs is 1. The third-order valence-electron chi connectivity index (χ3n) is 4.82. The normalized spacial score (nSPS) is 12.8. The van der Waals surface area contributed by atoms with E-state index < -0.39 is 17.6 Å². The van der Waals surface area contributed by atoms with Gasteiger partial charge < -0.3 is 5.32 Å². The molecule has 0 aromatic heterocycles. The zero-order valence-electron chi connectivity index (χ0n) is 15.4. The Labute approximate surface area is 166 Å². The number of anilines is 1. The molecule has 6 heteroatoms. The van der Waals surface area contributed by atoms with Crippen molar-refractivity contribution in [3.8, 4) is 0 Å². The average Bonchev–Trinajstić information content (AvgIpc) is 2.98. The second kappa shape index (κ2) is 7.67. The lowest BCUT2D eigenvalue weighted by atomic mass is 10.1. The number of imide groups is 1. The minimum Gasteiger partial charge on any atom is -0.319 e. The smallest absolute Gasteiger partial charge is 0.261 e. The molecule has 29 heavy (non-hydrogen) atoms. The second-order valence-electron chi connectivity index (χ2n) is 6.69. The van der Waals surface area contributed by atoms with Crippen LogP contribution in [-0.2, 0) is 6.42 Å². The lowest BCUT2D eigenvalue weighted by molar-refractivity contribution is 0.0656. The number of halogens is 1. The maximum Gasteiger partial charge on any atom is 0.261 e. The Balaban J connectivity index is 1.52. The molecule has 5 nitrogen and oxygen atoms in total. The minimum atomic E-state index is -0.555. The van der Waals surface area contributed by atoms with Crippen LogP contribution in [0.3, 0.4) is 0 Å². The number of rotatable bonds is 5. The first-order valence-electron chi connectivity index (χ1n) is 9.14. The molecular formula is C23H17FN2O3. The highest BCUT2D eigenvalue weighted by atomic mass is 19.1. The van der Waals surface area contributed by atoms with Gasteiger partial charge in [-0.2, -0.15) is 0 Å². The zero-order chi connectivity index (χ0) is 20.4. The molecule has 0 radical (unpaired) electrons. The van der Waals surface area contributed by atoms with Gasteiger partial charge in [-0.05, 0) is 42.3 Å². The van der Waals surface area contributed by atoms with Crippen LogP contribution >= 0.6 is 0 Å². The molecule has 0 aliphatic carbocycles. The third kappa shape index (κ3) is 3.65. The van der Waals surface area contributed by atoms with Crippen LogP contribution in [0.4, 0.5) is 10.1 Å². The van der Waals surface area contributed by atoms with Crippen molar-refractivity contribution in [2.24, 2.45) is 0 Å². The Morgan fingerprint density at radius 1 is 0.862 bits per heavy atom. The zero-order valence-corrected chi connectivity index (χ0v) is 15.4. The van der Waals surface area contributed by atoms with Crippen molar-refractivity contribution < 1.29 is 18.8 Å². The lowest BCUT2D eigenvalue weighted by Gasteiger charge is -2.13. The highest BCUT2D eigenvalue weighted by Gasteiger charge is 2.35. The summed E-state index contributed by atoms with van der Waals surface area (Å²) in [4.78, 5) is 39.0. The largest absolute Gasteiger partial charge is 0.319 e. The molecule has 1 heterocycles. The third-order valence-corrected chi connectivity index (χ3v) is 4.82. The van der Waals surface area contributed by atoms with E-state index in [1.54, 1.807) is 6.07 Å². The molecule has 0 saturated heterocycles. The summed E-state index contributed by atoms with van der Waals surface area (Å²) in [5, 5.41) is 2.48. The number of carbonyl (C=O) groups is 3. The summed E-state index contributed by atoms with van der Waals surface area (Å²) in [6.45, 7) is 0.257. The van der Waals surface area contributed by atoms with Crippen molar-refractivity contribution in [3.05, 3.63) is 101 Å². The fourth-order valence-corrected chi connectivity index (χ4v) is 3.28. The maximum absolute atomic E-state index is 13.8. The Bertz CT molecular complexity index is 1110. The van der Waals surface area contributed by atoms with Crippen LogP contribution in [0.1, 0.15) is 36.6 Å². The van der Waals surface area contributed by atoms with Crippen LogP contribution in [-0.4, -0.2) is 29.2 Å². The van der Waals surface area contributed by atoms with Crippen molar-refractivity contribution in [2.45, 2.75) is 6.42 Å². The molecule has 144 valence electrons. The van der Waals surface area contributed by atoms with E-state index in [1.807, 2.05) is 30.3 Å². The molecule has 3 amide bonds. The number of amides is 3. The van der Waals surface area contributed by atoms with Crippen molar-refractivity contribution in [1.29, 1.82) is 0 Å². The highest BCUT2D eigenvalue weighted by Crippen LogP contribution is 2.25. The van der Waals surface area contributed by atoms with Crippen LogP contribution in [0.25, 0.3) is 0 Å². The maximum atomic E-state index is 13.8. The van der Waals surface area contributed by atoms with Gasteiger partial charge >= 0.3 is 0 Å². The van der Waals surface area contributed by atoms with Crippen LogP contribution in [0.5, 0.6) is 0 Å². The Morgan fingerprint density at radius 3 is 2.31 bits per heavy atom. The van der Waals surface area contributed by atoms with Gasteiger partial charge in [0.1, 0.15) is 5.82 Å². The monoisotopic (exact) mass is 388 g/mol. The molecule has 0 saturated carbocycles. The van der Waals surface area contributed by atoms with Gasteiger partial charge in [0.15, 0.2) is 0 Å². The quantitative estimate of drug-likeness (QED) is 0.674. The molecule has 0 fully saturated rings. The second-order valence-corrected chi connectivity index (χ2v) is 6.69. The van der Waals surface area contributed by atoms with E-state index in [4.69, 9.17) is 0 Å². The summed E-state index contributed by atoms with van der Waals surface area (Å²) in [6, 6.07) is 19.7. The number of carbonyl (C=O) groups excluding carboxylic acids is 3. The number of para-hydroxylation sites is 1. The van der Waals surface area contributed by atoms with Gasteiger partial charge in [-0.3, -0.25) is 19.3 Å². The molecule has 4 rings (SSSR count). The molecule has 1 aliphatic heterocycles. The summed E-state index contributed by atoms with van der Waals surface area (Å²) >= 11 is 0. The predicted octanol–water partition coefficient (Wildman–Crippen LogP) is 3.92. The van der Waals surface area contributed by atoms with Crippen LogP contribution in [0.2, 0.25) is 0 Å². The first-order valence-corrected chi connectivity index (χ1v) is 9.14. The Hall–Kier alpha value is -3.80. The van der Waals surface area contributed by atoms with Crippen molar-refractivity contribution in [3.63, 3.8) is 0 Å². The topological polar surface area (TPSA) is 66.5 Å². The van der Waals surface area contributed by atoms with E-state index in [-0.39, 0.29) is 34.8 Å². The fourth-order valence-electron chi connectivity index (χ4n) is 3.28. The van der Waals surface area contributed by atoms with Crippen molar-refractivity contribution in [2.75, 3.05) is 11.9 Å². The predicted molar refractivity (Wildman–Crippen MR) is 106 cm³/mol. The number of hydrogen-bond acceptors (Lipinski definition) is 3. The summed E-state index contributed by atoms with van der Waals surface area (Å²) in [7, 11) is 0. The van der Waals surface area contributed by atoms with E-state index >= 15 is 0 Å². The molecule has 1 aliphatic rings. The minimum absolute atomic E-state index is 0.0462. The summed E-state index contributed by atoms with van der Waals surface area (Å²) < 4.78 is 13.8. The van der Waals surface area contributed by atoms with Gasteiger partial charge in [0.05, 0.1) is 16.8 Å². The fraction of sp³-hybridized carbons (Fsp3) is 0.0870. The molecule has 1 N–H and O–H groups in total. The summed E-state index contributed by atoms with van der Waals surface area (Å²) in [5.41, 5.74) is 1.70. The molecule has 3 aromatic carbocycles. The summed E-state index contributed by atoms with van der Waals surface area (Å²) in [5.74, 6) is -1.91.